The highest BCUT2D eigenvalue weighted by molar-refractivity contribution is 9.10. The van der Waals surface area contributed by atoms with Crippen LogP contribution in [0.25, 0.3) is 0 Å². The van der Waals surface area contributed by atoms with E-state index in [2.05, 4.69) is 20.9 Å². The second-order valence-corrected chi connectivity index (χ2v) is 4.96. The van der Waals surface area contributed by atoms with Crippen LogP contribution in [0.4, 0.5) is 0 Å². The van der Waals surface area contributed by atoms with Gasteiger partial charge in [-0.25, -0.2) is 0 Å². The fraction of sp³-hybridized carbons (Fsp3) is 0. The van der Waals surface area contributed by atoms with Gasteiger partial charge in [-0.05, 0) is 46.3 Å². The molecule has 0 atom stereocenters. The molecule has 5 heteroatoms. The Hall–Kier alpha value is -0.900. The lowest BCUT2D eigenvalue weighted by molar-refractivity contribution is 0.103. The smallest absolute Gasteiger partial charge is 0.212 e. The number of carbonyl (C=O) groups excluding carboxylic acids is 1. The van der Waals surface area contributed by atoms with Gasteiger partial charge in [0, 0.05) is 16.2 Å². The van der Waals surface area contributed by atoms with E-state index in [4.69, 9.17) is 23.2 Å². The average Bonchev–Trinajstić information content (AvgIpc) is 2.32. The van der Waals surface area contributed by atoms with Crippen molar-refractivity contribution in [3.05, 3.63) is 62.3 Å². The van der Waals surface area contributed by atoms with Crippen LogP contribution in [0.1, 0.15) is 16.1 Å². The largest absolute Gasteiger partial charge is 0.287 e. The molecule has 1 heterocycles. The number of benzene rings is 1. The summed E-state index contributed by atoms with van der Waals surface area (Å²) in [5.41, 5.74) is 0.810. The third-order valence-electron chi connectivity index (χ3n) is 2.16. The Morgan fingerprint density at radius 1 is 1.18 bits per heavy atom. The van der Waals surface area contributed by atoms with Crippen molar-refractivity contribution in [1.82, 2.24) is 4.98 Å². The number of nitrogens with zero attached hydrogens (tertiary/aromatic N) is 1. The van der Waals surface area contributed by atoms with Crippen molar-refractivity contribution in [3.63, 3.8) is 0 Å². The van der Waals surface area contributed by atoms with Gasteiger partial charge in [-0.2, -0.15) is 0 Å². The molecule has 17 heavy (non-hydrogen) atoms. The normalized spacial score (nSPS) is 10.3. The summed E-state index contributed by atoms with van der Waals surface area (Å²) >= 11 is 14.9. The molecule has 86 valence electrons. The molecule has 0 amide bonds. The van der Waals surface area contributed by atoms with Crippen LogP contribution in [0.5, 0.6) is 0 Å². The van der Waals surface area contributed by atoms with Crippen molar-refractivity contribution >= 4 is 44.9 Å². The van der Waals surface area contributed by atoms with Gasteiger partial charge in [0.2, 0.25) is 5.78 Å². The van der Waals surface area contributed by atoms with Crippen LogP contribution in [-0.2, 0) is 0 Å². The maximum Gasteiger partial charge on any atom is 0.212 e. The molecule has 2 rings (SSSR count). The minimum Gasteiger partial charge on any atom is -0.287 e. The minimum absolute atomic E-state index is 0.198. The zero-order valence-corrected chi connectivity index (χ0v) is 11.6. The van der Waals surface area contributed by atoms with Crippen molar-refractivity contribution in [2.45, 2.75) is 0 Å². The van der Waals surface area contributed by atoms with Crippen molar-refractivity contribution in [3.8, 4) is 0 Å². The summed E-state index contributed by atoms with van der Waals surface area (Å²) in [7, 11) is 0. The van der Waals surface area contributed by atoms with Gasteiger partial charge in [0.25, 0.3) is 0 Å². The molecule has 0 saturated heterocycles. The van der Waals surface area contributed by atoms with E-state index >= 15 is 0 Å². The molecule has 0 spiro atoms. The number of halogens is 3. The molecule has 0 bridgehead atoms. The lowest BCUT2D eigenvalue weighted by Crippen LogP contribution is -2.04. The molecule has 0 aliphatic rings. The van der Waals surface area contributed by atoms with Crippen LogP contribution in [0, 0.1) is 0 Å². The standard InChI is InChI=1S/C12H6BrCl2NO/c13-8-2-1-5-16-11(8)12(17)7-3-4-9(14)10(15)6-7/h1-6H. The van der Waals surface area contributed by atoms with Crippen LogP contribution in [-0.4, -0.2) is 10.8 Å². The van der Waals surface area contributed by atoms with Gasteiger partial charge in [-0.3, -0.25) is 9.78 Å². The molecule has 1 aromatic carbocycles. The van der Waals surface area contributed by atoms with Crippen LogP contribution in [0.15, 0.2) is 41.0 Å². The number of pyridine rings is 1. The van der Waals surface area contributed by atoms with E-state index in [1.165, 1.54) is 6.07 Å². The summed E-state index contributed by atoms with van der Waals surface area (Å²) in [6.45, 7) is 0. The number of hydrogen-bond donors (Lipinski definition) is 0. The SMILES string of the molecule is O=C(c1ccc(Cl)c(Cl)c1)c1ncccc1Br. The van der Waals surface area contributed by atoms with Crippen LogP contribution < -0.4 is 0 Å². The summed E-state index contributed by atoms with van der Waals surface area (Å²) in [5, 5.41) is 0.771. The molecule has 0 fully saturated rings. The first kappa shape index (κ1) is 12.6. The molecule has 1 aromatic heterocycles. The molecule has 0 aliphatic heterocycles. The molecule has 2 aromatic rings. The maximum absolute atomic E-state index is 12.1. The number of aromatic nitrogens is 1. The predicted octanol–water partition coefficient (Wildman–Crippen LogP) is 4.38. The lowest BCUT2D eigenvalue weighted by atomic mass is 10.1. The maximum atomic E-state index is 12.1. The second kappa shape index (κ2) is 5.17. The van der Waals surface area contributed by atoms with Crippen LogP contribution in [0.2, 0.25) is 10.0 Å². The highest BCUT2D eigenvalue weighted by atomic mass is 79.9. The van der Waals surface area contributed by atoms with Crippen molar-refractivity contribution in [2.24, 2.45) is 0 Å². The zero-order chi connectivity index (χ0) is 12.4. The number of hydrogen-bond acceptors (Lipinski definition) is 2. The first-order valence-corrected chi connectivity index (χ1v) is 6.25. The summed E-state index contributed by atoms with van der Waals surface area (Å²) in [6, 6.07) is 8.26. The number of rotatable bonds is 2. The van der Waals surface area contributed by atoms with Gasteiger partial charge in [-0.15, -0.1) is 0 Å². The molecule has 0 N–H and O–H groups in total. The summed E-state index contributed by atoms with van der Waals surface area (Å²) in [6.07, 6.45) is 1.56. The molecule has 2 nitrogen and oxygen atoms in total. The number of ketones is 1. The van der Waals surface area contributed by atoms with Gasteiger partial charge >= 0.3 is 0 Å². The summed E-state index contributed by atoms with van der Waals surface area (Å²) in [5.74, 6) is -0.198. The van der Waals surface area contributed by atoms with Crippen LogP contribution in [0.3, 0.4) is 0 Å². The Labute approximate surface area is 117 Å². The zero-order valence-electron chi connectivity index (χ0n) is 8.45. The van der Waals surface area contributed by atoms with Gasteiger partial charge in [-0.1, -0.05) is 23.2 Å². The Kier molecular flexibility index (Phi) is 3.82. The van der Waals surface area contributed by atoms with Crippen molar-refractivity contribution in [1.29, 1.82) is 0 Å². The number of carbonyl (C=O) groups is 1. The molecular formula is C12H6BrCl2NO. The first-order chi connectivity index (χ1) is 8.09. The van der Waals surface area contributed by atoms with E-state index < -0.39 is 0 Å². The van der Waals surface area contributed by atoms with Gasteiger partial charge in [0.05, 0.1) is 10.0 Å². The van der Waals surface area contributed by atoms with Crippen molar-refractivity contribution in [2.75, 3.05) is 0 Å². The Bertz CT molecular complexity index is 586. The quantitative estimate of drug-likeness (QED) is 0.765. The van der Waals surface area contributed by atoms with E-state index in [9.17, 15) is 4.79 Å². The van der Waals surface area contributed by atoms with Gasteiger partial charge in [0.1, 0.15) is 5.69 Å². The van der Waals surface area contributed by atoms with Gasteiger partial charge in [0.15, 0.2) is 0 Å². The summed E-state index contributed by atoms with van der Waals surface area (Å²) < 4.78 is 0.649. The monoisotopic (exact) mass is 329 g/mol. The van der Waals surface area contributed by atoms with E-state index in [1.807, 2.05) is 0 Å². The third-order valence-corrected chi connectivity index (χ3v) is 3.53. The van der Waals surface area contributed by atoms with Crippen LogP contribution >= 0.6 is 39.1 Å². The Morgan fingerprint density at radius 3 is 2.59 bits per heavy atom. The van der Waals surface area contributed by atoms with Gasteiger partial charge < -0.3 is 0 Å². The third kappa shape index (κ3) is 2.68. The fourth-order valence-corrected chi connectivity index (χ4v) is 2.06. The van der Waals surface area contributed by atoms with E-state index in [0.29, 0.717) is 25.8 Å². The highest BCUT2D eigenvalue weighted by Crippen LogP contribution is 2.25. The second-order valence-electron chi connectivity index (χ2n) is 3.29. The molecule has 0 aliphatic carbocycles. The molecule has 0 unspecified atom stereocenters. The van der Waals surface area contributed by atoms with Crippen molar-refractivity contribution < 1.29 is 4.79 Å². The molecule has 0 saturated carbocycles. The fourth-order valence-electron chi connectivity index (χ4n) is 1.33. The minimum atomic E-state index is -0.198. The molecule has 0 radical (unpaired) electrons. The van der Waals surface area contributed by atoms with E-state index in [-0.39, 0.29) is 5.78 Å². The summed E-state index contributed by atoms with van der Waals surface area (Å²) in [4.78, 5) is 16.2. The Balaban J connectivity index is 2.44. The first-order valence-electron chi connectivity index (χ1n) is 4.70. The van der Waals surface area contributed by atoms with E-state index in [1.54, 1.807) is 30.5 Å². The predicted molar refractivity (Wildman–Crippen MR) is 71.8 cm³/mol. The average molecular weight is 331 g/mol. The lowest BCUT2D eigenvalue weighted by Gasteiger charge is -2.03. The Morgan fingerprint density at radius 2 is 1.94 bits per heavy atom. The molecular weight excluding hydrogens is 325 g/mol. The highest BCUT2D eigenvalue weighted by Gasteiger charge is 2.14. The van der Waals surface area contributed by atoms with E-state index in [0.717, 1.165) is 0 Å². The topological polar surface area (TPSA) is 30.0 Å².